The zero-order valence-electron chi connectivity index (χ0n) is 18.6. The van der Waals surface area contributed by atoms with Crippen LogP contribution >= 0.6 is 0 Å². The van der Waals surface area contributed by atoms with E-state index >= 15 is 0 Å². The number of carboxylic acids is 1. The first kappa shape index (κ1) is 24.2. The standard InChI is InChI=1S/C24H24F3NO5/c1-5-13(2)20(23(30)31)21-14(3)28(19-11-10-17(32-4)12-18(19)21)22(29)15-6-8-16(9-7-15)33-24(25,26)27/h6-13,20H,5H2,1-4H3,(H,30,31)/t13-,20?/m1/s1. The van der Waals surface area contributed by atoms with Gasteiger partial charge in [-0.2, -0.15) is 0 Å². The van der Waals surface area contributed by atoms with Crippen molar-refractivity contribution in [3.8, 4) is 11.5 Å². The van der Waals surface area contributed by atoms with E-state index in [4.69, 9.17) is 4.74 Å². The Balaban J connectivity index is 2.18. The lowest BCUT2D eigenvalue weighted by Gasteiger charge is -2.20. The number of fused-ring (bicyclic) bond motifs is 1. The molecule has 33 heavy (non-hydrogen) atoms. The van der Waals surface area contributed by atoms with E-state index < -0.39 is 29.9 Å². The molecule has 1 heterocycles. The van der Waals surface area contributed by atoms with E-state index in [-0.39, 0.29) is 11.5 Å². The van der Waals surface area contributed by atoms with Gasteiger partial charge < -0.3 is 14.6 Å². The van der Waals surface area contributed by atoms with E-state index in [0.717, 1.165) is 12.1 Å². The maximum atomic E-state index is 13.4. The van der Waals surface area contributed by atoms with Gasteiger partial charge in [0.15, 0.2) is 0 Å². The molecule has 0 bridgehead atoms. The number of alkyl halides is 3. The minimum atomic E-state index is -4.84. The number of aromatic nitrogens is 1. The number of hydrogen-bond donors (Lipinski definition) is 1. The Bertz CT molecular complexity index is 1180. The van der Waals surface area contributed by atoms with Crippen LogP contribution in [0.3, 0.4) is 0 Å². The van der Waals surface area contributed by atoms with E-state index in [2.05, 4.69) is 4.74 Å². The molecule has 3 aromatic rings. The molecule has 6 nitrogen and oxygen atoms in total. The number of nitrogens with zero attached hydrogens (tertiary/aromatic N) is 1. The third kappa shape index (κ3) is 4.81. The van der Waals surface area contributed by atoms with Crippen molar-refractivity contribution in [2.45, 2.75) is 39.5 Å². The molecule has 1 N–H and O–H groups in total. The molecule has 2 aromatic carbocycles. The van der Waals surface area contributed by atoms with Crippen LogP contribution in [0.5, 0.6) is 11.5 Å². The topological polar surface area (TPSA) is 77.8 Å². The summed E-state index contributed by atoms with van der Waals surface area (Å²) in [5.74, 6) is -2.51. The number of carbonyl (C=O) groups is 2. The summed E-state index contributed by atoms with van der Waals surface area (Å²) in [5, 5.41) is 10.6. The van der Waals surface area contributed by atoms with Gasteiger partial charge in [0.05, 0.1) is 18.5 Å². The van der Waals surface area contributed by atoms with Gasteiger partial charge in [-0.05, 0) is 60.9 Å². The van der Waals surface area contributed by atoms with Crippen LogP contribution < -0.4 is 9.47 Å². The monoisotopic (exact) mass is 463 g/mol. The first-order chi connectivity index (χ1) is 15.5. The van der Waals surface area contributed by atoms with Crippen LogP contribution in [-0.4, -0.2) is 35.0 Å². The SMILES string of the molecule is CC[C@@H](C)C(C(=O)O)c1c(C)n(C(=O)c2ccc(OC(F)(F)F)cc2)c2ccc(OC)cc12. The number of hydrogen-bond acceptors (Lipinski definition) is 4. The summed E-state index contributed by atoms with van der Waals surface area (Å²) in [7, 11) is 1.49. The van der Waals surface area contributed by atoms with Crippen molar-refractivity contribution >= 4 is 22.8 Å². The third-order valence-corrected chi connectivity index (χ3v) is 5.79. The van der Waals surface area contributed by atoms with Gasteiger partial charge in [0.1, 0.15) is 11.5 Å². The number of halogens is 3. The van der Waals surface area contributed by atoms with Crippen LogP contribution in [0, 0.1) is 12.8 Å². The maximum absolute atomic E-state index is 13.4. The Morgan fingerprint density at radius 3 is 2.21 bits per heavy atom. The second kappa shape index (κ2) is 9.17. The highest BCUT2D eigenvalue weighted by Crippen LogP contribution is 2.39. The molecule has 176 valence electrons. The van der Waals surface area contributed by atoms with Crippen molar-refractivity contribution in [2.24, 2.45) is 5.92 Å². The van der Waals surface area contributed by atoms with Crippen molar-refractivity contribution in [3.05, 3.63) is 59.3 Å². The van der Waals surface area contributed by atoms with Crippen molar-refractivity contribution in [3.63, 3.8) is 0 Å². The number of benzene rings is 2. The number of carboxylic acid groups (broad SMARTS) is 1. The normalized spacial score (nSPS) is 13.5. The smallest absolute Gasteiger partial charge is 0.497 e. The molecule has 9 heteroatoms. The van der Waals surface area contributed by atoms with E-state index in [0.29, 0.717) is 34.3 Å². The molecule has 2 atom stereocenters. The summed E-state index contributed by atoms with van der Waals surface area (Å²) < 4.78 is 47.9. The molecule has 0 radical (unpaired) electrons. The molecule has 0 aliphatic heterocycles. The lowest BCUT2D eigenvalue weighted by Crippen LogP contribution is -2.21. The molecule has 3 rings (SSSR count). The summed E-state index contributed by atoms with van der Waals surface area (Å²) in [6.07, 6.45) is -4.23. The minimum Gasteiger partial charge on any atom is -0.497 e. The lowest BCUT2D eigenvalue weighted by molar-refractivity contribution is -0.274. The first-order valence-corrected chi connectivity index (χ1v) is 10.3. The predicted octanol–water partition coefficient (Wildman–Crippen LogP) is 5.76. The van der Waals surface area contributed by atoms with Crippen LogP contribution in [0.2, 0.25) is 0 Å². The highest BCUT2D eigenvalue weighted by molar-refractivity contribution is 6.05. The molecule has 0 aliphatic rings. The summed E-state index contributed by atoms with van der Waals surface area (Å²) in [6.45, 7) is 5.40. The molecule has 1 unspecified atom stereocenters. The van der Waals surface area contributed by atoms with Gasteiger partial charge in [-0.15, -0.1) is 13.2 Å². The fourth-order valence-electron chi connectivity index (χ4n) is 4.02. The molecular formula is C24H24F3NO5. The van der Waals surface area contributed by atoms with Gasteiger partial charge in [0.2, 0.25) is 0 Å². The van der Waals surface area contributed by atoms with Gasteiger partial charge in [0, 0.05) is 16.6 Å². The third-order valence-electron chi connectivity index (χ3n) is 5.79. The van der Waals surface area contributed by atoms with E-state index in [1.807, 2.05) is 13.8 Å². The number of rotatable bonds is 7. The Hall–Kier alpha value is -3.49. The quantitative estimate of drug-likeness (QED) is 0.482. The van der Waals surface area contributed by atoms with Crippen LogP contribution in [0.1, 0.15) is 47.8 Å². The average Bonchev–Trinajstić information content (AvgIpc) is 3.03. The van der Waals surface area contributed by atoms with Crippen LogP contribution in [0.4, 0.5) is 13.2 Å². The molecule has 0 aliphatic carbocycles. The zero-order chi connectivity index (χ0) is 24.5. The van der Waals surface area contributed by atoms with Crippen LogP contribution in [0.15, 0.2) is 42.5 Å². The Labute approximate surface area is 188 Å². The molecule has 0 saturated heterocycles. The molecule has 1 aromatic heterocycles. The van der Waals surface area contributed by atoms with Gasteiger partial charge in [-0.3, -0.25) is 14.2 Å². The average molecular weight is 463 g/mol. The largest absolute Gasteiger partial charge is 0.573 e. The van der Waals surface area contributed by atoms with Crippen molar-refractivity contribution in [1.29, 1.82) is 0 Å². The molecule has 0 fully saturated rings. The van der Waals surface area contributed by atoms with Crippen molar-refractivity contribution in [1.82, 2.24) is 4.57 Å². The predicted molar refractivity (Wildman–Crippen MR) is 116 cm³/mol. The zero-order valence-corrected chi connectivity index (χ0v) is 18.6. The van der Waals surface area contributed by atoms with E-state index in [1.165, 1.54) is 23.8 Å². The van der Waals surface area contributed by atoms with E-state index in [1.54, 1.807) is 25.1 Å². The second-order valence-corrected chi connectivity index (χ2v) is 7.80. The summed E-state index contributed by atoms with van der Waals surface area (Å²) in [6, 6.07) is 9.62. The lowest BCUT2D eigenvalue weighted by atomic mass is 9.84. The molecule has 0 spiro atoms. The minimum absolute atomic E-state index is 0.127. The number of methoxy groups -OCH3 is 1. The summed E-state index contributed by atoms with van der Waals surface area (Å²) in [5.41, 5.74) is 1.57. The summed E-state index contributed by atoms with van der Waals surface area (Å²) >= 11 is 0. The number of carbonyl (C=O) groups excluding carboxylic acids is 1. The molecule has 0 amide bonds. The van der Waals surface area contributed by atoms with Gasteiger partial charge in [-0.25, -0.2) is 0 Å². The number of ether oxygens (including phenoxy) is 2. The second-order valence-electron chi connectivity index (χ2n) is 7.80. The van der Waals surface area contributed by atoms with E-state index in [9.17, 15) is 27.9 Å². The summed E-state index contributed by atoms with van der Waals surface area (Å²) in [4.78, 5) is 25.6. The van der Waals surface area contributed by atoms with Gasteiger partial charge >= 0.3 is 12.3 Å². The van der Waals surface area contributed by atoms with Crippen molar-refractivity contribution < 1.29 is 37.3 Å². The van der Waals surface area contributed by atoms with Gasteiger partial charge in [0.25, 0.3) is 5.91 Å². The van der Waals surface area contributed by atoms with Crippen LogP contribution in [-0.2, 0) is 4.79 Å². The number of aliphatic carboxylic acids is 1. The maximum Gasteiger partial charge on any atom is 0.573 e. The molecular weight excluding hydrogens is 439 g/mol. The Kier molecular flexibility index (Phi) is 6.71. The van der Waals surface area contributed by atoms with Gasteiger partial charge in [-0.1, -0.05) is 20.3 Å². The first-order valence-electron chi connectivity index (χ1n) is 10.3. The highest BCUT2D eigenvalue weighted by atomic mass is 19.4. The Morgan fingerprint density at radius 2 is 1.70 bits per heavy atom. The fourth-order valence-corrected chi connectivity index (χ4v) is 4.02. The van der Waals surface area contributed by atoms with Crippen molar-refractivity contribution in [2.75, 3.05) is 7.11 Å². The Morgan fingerprint density at radius 1 is 1.09 bits per heavy atom. The van der Waals surface area contributed by atoms with Crippen LogP contribution in [0.25, 0.3) is 10.9 Å². The highest BCUT2D eigenvalue weighted by Gasteiger charge is 2.33. The fraction of sp³-hybridized carbons (Fsp3) is 0.333. The molecule has 0 saturated carbocycles.